The van der Waals surface area contributed by atoms with Crippen LogP contribution in [0.25, 0.3) is 0 Å². The molecule has 0 aromatic carbocycles. The topological polar surface area (TPSA) is 58.6 Å². The predicted octanol–water partition coefficient (Wildman–Crippen LogP) is 0.788. The number of amides is 1. The molecule has 19 heavy (non-hydrogen) atoms. The van der Waals surface area contributed by atoms with E-state index >= 15 is 0 Å². The van der Waals surface area contributed by atoms with Gasteiger partial charge in [-0.05, 0) is 44.7 Å². The van der Waals surface area contributed by atoms with Gasteiger partial charge in [-0.25, -0.2) is 0 Å². The molecule has 5 heteroatoms. The van der Waals surface area contributed by atoms with E-state index in [4.69, 9.17) is 4.74 Å². The number of ether oxygens (including phenoxy) is 1. The molecule has 1 amide bonds. The number of nitrogens with zero attached hydrogens (tertiary/aromatic N) is 1. The van der Waals surface area contributed by atoms with E-state index in [1.807, 2.05) is 4.90 Å². The third kappa shape index (κ3) is 3.93. The van der Waals surface area contributed by atoms with Crippen LogP contribution < -0.4 is 5.32 Å². The average Bonchev–Trinajstić information content (AvgIpc) is 2.47. The summed E-state index contributed by atoms with van der Waals surface area (Å²) in [5.41, 5.74) is 0. The number of esters is 1. The second-order valence-electron chi connectivity index (χ2n) is 5.59. The minimum atomic E-state index is -0.136. The van der Waals surface area contributed by atoms with Crippen molar-refractivity contribution in [3.63, 3.8) is 0 Å². The van der Waals surface area contributed by atoms with Gasteiger partial charge >= 0.3 is 5.97 Å². The number of hydrogen-bond donors (Lipinski definition) is 1. The largest absolute Gasteiger partial charge is 0.469 e. The van der Waals surface area contributed by atoms with Crippen molar-refractivity contribution in [2.24, 2.45) is 11.8 Å². The molecule has 108 valence electrons. The minimum absolute atomic E-state index is 0.0228. The van der Waals surface area contributed by atoms with Gasteiger partial charge in [0.1, 0.15) is 0 Å². The van der Waals surface area contributed by atoms with Crippen molar-refractivity contribution in [1.82, 2.24) is 10.2 Å². The fourth-order valence-corrected chi connectivity index (χ4v) is 3.01. The molecule has 1 N–H and O–H groups in total. The third-order valence-corrected chi connectivity index (χ3v) is 4.24. The zero-order valence-corrected chi connectivity index (χ0v) is 11.7. The number of piperidine rings is 2. The fourth-order valence-electron chi connectivity index (χ4n) is 3.01. The van der Waals surface area contributed by atoms with Crippen molar-refractivity contribution >= 4 is 11.9 Å². The lowest BCUT2D eigenvalue weighted by molar-refractivity contribution is -0.149. The molecule has 2 fully saturated rings. The molecule has 1 atom stereocenters. The molecule has 0 aromatic heterocycles. The fraction of sp³-hybridized carbons (Fsp3) is 0.857. The Kier molecular flexibility index (Phi) is 5.19. The molecule has 0 bridgehead atoms. The van der Waals surface area contributed by atoms with Crippen molar-refractivity contribution in [2.75, 3.05) is 33.3 Å². The van der Waals surface area contributed by atoms with E-state index in [0.29, 0.717) is 25.4 Å². The number of nitrogens with one attached hydrogen (secondary N) is 1. The summed E-state index contributed by atoms with van der Waals surface area (Å²) in [5.74, 6) is 0.575. The van der Waals surface area contributed by atoms with E-state index in [2.05, 4.69) is 5.32 Å². The first kappa shape index (κ1) is 14.3. The summed E-state index contributed by atoms with van der Waals surface area (Å²) in [6.45, 7) is 3.43. The molecular formula is C14H24N2O3. The SMILES string of the molecule is COC(=O)C1CCN(C(=O)CC2CCCNC2)CC1. The predicted molar refractivity (Wildman–Crippen MR) is 71.5 cm³/mol. The van der Waals surface area contributed by atoms with Gasteiger partial charge in [0.05, 0.1) is 13.0 Å². The molecule has 2 saturated heterocycles. The van der Waals surface area contributed by atoms with Crippen molar-refractivity contribution in [1.29, 1.82) is 0 Å². The van der Waals surface area contributed by atoms with Gasteiger partial charge in [-0.3, -0.25) is 9.59 Å². The second-order valence-corrected chi connectivity index (χ2v) is 5.59. The molecule has 0 aromatic rings. The molecule has 1 unspecified atom stereocenters. The van der Waals surface area contributed by atoms with Gasteiger partial charge in [0.15, 0.2) is 0 Å². The molecule has 0 radical (unpaired) electrons. The molecular weight excluding hydrogens is 244 g/mol. The summed E-state index contributed by atoms with van der Waals surface area (Å²) < 4.78 is 4.76. The lowest BCUT2D eigenvalue weighted by atomic mass is 9.93. The highest BCUT2D eigenvalue weighted by Crippen LogP contribution is 2.21. The van der Waals surface area contributed by atoms with Gasteiger partial charge in [-0.2, -0.15) is 0 Å². The van der Waals surface area contributed by atoms with Crippen LogP contribution in [-0.2, 0) is 14.3 Å². The van der Waals surface area contributed by atoms with Gasteiger partial charge < -0.3 is 15.0 Å². The van der Waals surface area contributed by atoms with Crippen LogP contribution in [-0.4, -0.2) is 50.1 Å². The smallest absolute Gasteiger partial charge is 0.308 e. The molecule has 5 nitrogen and oxygen atoms in total. The number of hydrogen-bond acceptors (Lipinski definition) is 4. The summed E-state index contributed by atoms with van der Waals surface area (Å²) >= 11 is 0. The van der Waals surface area contributed by atoms with Crippen molar-refractivity contribution < 1.29 is 14.3 Å². The number of likely N-dealkylation sites (tertiary alicyclic amines) is 1. The first-order valence-corrected chi connectivity index (χ1v) is 7.27. The Morgan fingerprint density at radius 3 is 2.58 bits per heavy atom. The Bertz CT molecular complexity index is 319. The maximum absolute atomic E-state index is 12.2. The van der Waals surface area contributed by atoms with E-state index in [9.17, 15) is 9.59 Å². The minimum Gasteiger partial charge on any atom is -0.469 e. The van der Waals surface area contributed by atoms with Crippen molar-refractivity contribution in [2.45, 2.75) is 32.1 Å². The van der Waals surface area contributed by atoms with Crippen molar-refractivity contribution in [3.8, 4) is 0 Å². The summed E-state index contributed by atoms with van der Waals surface area (Å²) in [5, 5.41) is 3.34. The van der Waals surface area contributed by atoms with Crippen LogP contribution in [0.3, 0.4) is 0 Å². The molecule has 2 aliphatic rings. The second kappa shape index (κ2) is 6.89. The van der Waals surface area contributed by atoms with E-state index in [1.54, 1.807) is 0 Å². The first-order valence-electron chi connectivity index (χ1n) is 7.27. The van der Waals surface area contributed by atoms with Crippen LogP contribution >= 0.6 is 0 Å². The first-order chi connectivity index (χ1) is 9.20. The molecule has 2 heterocycles. The zero-order chi connectivity index (χ0) is 13.7. The maximum Gasteiger partial charge on any atom is 0.308 e. The highest BCUT2D eigenvalue weighted by molar-refractivity contribution is 5.77. The average molecular weight is 268 g/mol. The van der Waals surface area contributed by atoms with Crippen LogP contribution in [0.1, 0.15) is 32.1 Å². The van der Waals surface area contributed by atoms with Crippen LogP contribution in [0, 0.1) is 11.8 Å². The third-order valence-electron chi connectivity index (χ3n) is 4.24. The van der Waals surface area contributed by atoms with E-state index < -0.39 is 0 Å². The summed E-state index contributed by atoms with van der Waals surface area (Å²) in [6, 6.07) is 0. The standard InChI is InChI=1S/C14H24N2O3/c1-19-14(18)12-4-7-16(8-5-12)13(17)9-11-3-2-6-15-10-11/h11-12,15H,2-10H2,1H3. The van der Waals surface area contributed by atoms with Gasteiger partial charge in [-0.15, -0.1) is 0 Å². The molecule has 2 aliphatic heterocycles. The van der Waals surface area contributed by atoms with Crippen molar-refractivity contribution in [3.05, 3.63) is 0 Å². The number of carbonyl (C=O) groups is 2. The number of rotatable bonds is 3. The molecule has 0 aliphatic carbocycles. The monoisotopic (exact) mass is 268 g/mol. The van der Waals surface area contributed by atoms with Crippen LogP contribution in [0.2, 0.25) is 0 Å². The quantitative estimate of drug-likeness (QED) is 0.769. The summed E-state index contributed by atoms with van der Waals surface area (Å²) in [4.78, 5) is 25.5. The lowest BCUT2D eigenvalue weighted by Gasteiger charge is -2.32. The summed E-state index contributed by atoms with van der Waals surface area (Å²) in [7, 11) is 1.43. The highest BCUT2D eigenvalue weighted by Gasteiger charge is 2.28. The van der Waals surface area contributed by atoms with E-state index in [-0.39, 0.29) is 17.8 Å². The normalized spacial score (nSPS) is 25.1. The Hall–Kier alpha value is -1.10. The van der Waals surface area contributed by atoms with Gasteiger partial charge in [-0.1, -0.05) is 0 Å². The Labute approximate surface area is 114 Å². The van der Waals surface area contributed by atoms with Crippen LogP contribution in [0.5, 0.6) is 0 Å². The Morgan fingerprint density at radius 2 is 2.00 bits per heavy atom. The zero-order valence-electron chi connectivity index (χ0n) is 11.7. The number of methoxy groups -OCH3 is 1. The van der Waals surface area contributed by atoms with Gasteiger partial charge in [0, 0.05) is 19.5 Å². The van der Waals surface area contributed by atoms with Crippen LogP contribution in [0.15, 0.2) is 0 Å². The Morgan fingerprint density at radius 1 is 1.26 bits per heavy atom. The maximum atomic E-state index is 12.2. The van der Waals surface area contributed by atoms with Crippen LogP contribution in [0.4, 0.5) is 0 Å². The molecule has 2 rings (SSSR count). The highest BCUT2D eigenvalue weighted by atomic mass is 16.5. The Balaban J connectivity index is 1.74. The lowest BCUT2D eigenvalue weighted by Crippen LogP contribution is -2.42. The van der Waals surface area contributed by atoms with E-state index in [1.165, 1.54) is 13.5 Å². The molecule has 0 saturated carbocycles. The van der Waals surface area contributed by atoms with Gasteiger partial charge in [0.25, 0.3) is 0 Å². The number of carbonyl (C=O) groups excluding carboxylic acids is 2. The van der Waals surface area contributed by atoms with Gasteiger partial charge in [0.2, 0.25) is 5.91 Å². The van der Waals surface area contributed by atoms with E-state index in [0.717, 1.165) is 32.4 Å². The summed E-state index contributed by atoms with van der Waals surface area (Å²) in [6.07, 6.45) is 4.44. The molecule has 0 spiro atoms.